The smallest absolute Gasteiger partial charge is 0.259 e. The van der Waals surface area contributed by atoms with Crippen molar-refractivity contribution in [2.24, 2.45) is 0 Å². The lowest BCUT2D eigenvalue weighted by atomic mass is 10.1. The first-order valence-corrected chi connectivity index (χ1v) is 6.86. The fourth-order valence-electron chi connectivity index (χ4n) is 2.11. The van der Waals surface area contributed by atoms with Crippen molar-refractivity contribution in [1.82, 2.24) is 9.88 Å². The van der Waals surface area contributed by atoms with E-state index >= 15 is 0 Å². The monoisotopic (exact) mass is 335 g/mol. The number of benzene rings is 1. The van der Waals surface area contributed by atoms with E-state index in [4.69, 9.17) is 0 Å². The molecule has 4 nitrogen and oxygen atoms in total. The SMILES string of the molecule is O=C1c2cccnc2NCN1Cc1ccc(F)cc1Br. The number of hydrogen-bond donors (Lipinski definition) is 1. The Bertz CT molecular complexity index is 677. The van der Waals surface area contributed by atoms with Gasteiger partial charge in [0.15, 0.2) is 0 Å². The van der Waals surface area contributed by atoms with Crippen LogP contribution in [0.3, 0.4) is 0 Å². The van der Waals surface area contributed by atoms with Gasteiger partial charge in [-0.25, -0.2) is 9.37 Å². The molecule has 0 spiro atoms. The maximum Gasteiger partial charge on any atom is 0.259 e. The zero-order valence-corrected chi connectivity index (χ0v) is 12.0. The van der Waals surface area contributed by atoms with Crippen molar-refractivity contribution in [2.45, 2.75) is 6.54 Å². The maximum atomic E-state index is 13.1. The standard InChI is InChI=1S/C14H11BrFN3O/c15-12-6-10(16)4-3-9(12)7-19-8-18-13-11(14(19)20)2-1-5-17-13/h1-6H,7-8H2,(H,17,18). The number of rotatable bonds is 2. The predicted octanol–water partition coefficient (Wildman–Crippen LogP) is 3.01. The van der Waals surface area contributed by atoms with Crippen molar-refractivity contribution in [1.29, 1.82) is 0 Å². The second-order valence-corrected chi connectivity index (χ2v) is 5.33. The van der Waals surface area contributed by atoms with E-state index in [9.17, 15) is 9.18 Å². The molecule has 0 saturated heterocycles. The second kappa shape index (κ2) is 5.20. The van der Waals surface area contributed by atoms with Gasteiger partial charge in [-0.1, -0.05) is 22.0 Å². The van der Waals surface area contributed by atoms with Gasteiger partial charge in [0.05, 0.1) is 12.2 Å². The van der Waals surface area contributed by atoms with Gasteiger partial charge in [-0.2, -0.15) is 0 Å². The Hall–Kier alpha value is -1.95. The number of aromatic nitrogens is 1. The molecule has 20 heavy (non-hydrogen) atoms. The molecule has 1 amide bonds. The molecule has 0 radical (unpaired) electrons. The van der Waals surface area contributed by atoms with Gasteiger partial charge in [0.1, 0.15) is 11.6 Å². The van der Waals surface area contributed by atoms with Gasteiger partial charge in [0.25, 0.3) is 5.91 Å². The van der Waals surface area contributed by atoms with E-state index < -0.39 is 0 Å². The van der Waals surface area contributed by atoms with Gasteiger partial charge >= 0.3 is 0 Å². The van der Waals surface area contributed by atoms with Crippen LogP contribution in [0, 0.1) is 5.82 Å². The van der Waals surface area contributed by atoms with Gasteiger partial charge in [-0.05, 0) is 29.8 Å². The molecule has 1 N–H and O–H groups in total. The van der Waals surface area contributed by atoms with Crippen molar-refractivity contribution >= 4 is 27.7 Å². The van der Waals surface area contributed by atoms with E-state index in [0.29, 0.717) is 29.1 Å². The highest BCUT2D eigenvalue weighted by Crippen LogP contribution is 2.24. The van der Waals surface area contributed by atoms with Gasteiger partial charge < -0.3 is 10.2 Å². The van der Waals surface area contributed by atoms with E-state index in [0.717, 1.165) is 5.56 Å². The van der Waals surface area contributed by atoms with Crippen LogP contribution in [-0.2, 0) is 6.54 Å². The summed E-state index contributed by atoms with van der Waals surface area (Å²) in [6, 6.07) is 7.93. The summed E-state index contributed by atoms with van der Waals surface area (Å²) in [4.78, 5) is 18.1. The molecule has 3 rings (SSSR count). The van der Waals surface area contributed by atoms with Crippen LogP contribution in [0.4, 0.5) is 10.2 Å². The van der Waals surface area contributed by atoms with Crippen LogP contribution in [0.25, 0.3) is 0 Å². The number of halogens is 2. The second-order valence-electron chi connectivity index (χ2n) is 4.47. The minimum absolute atomic E-state index is 0.0805. The average molecular weight is 336 g/mol. The molecule has 6 heteroatoms. The maximum absolute atomic E-state index is 13.1. The minimum Gasteiger partial charge on any atom is -0.352 e. The van der Waals surface area contributed by atoms with Gasteiger partial charge in [-0.3, -0.25) is 4.79 Å². The van der Waals surface area contributed by atoms with Crippen LogP contribution >= 0.6 is 15.9 Å². The molecule has 102 valence electrons. The summed E-state index contributed by atoms with van der Waals surface area (Å²) in [7, 11) is 0. The Kier molecular flexibility index (Phi) is 3.40. The normalized spacial score (nSPS) is 13.9. The number of carbonyl (C=O) groups is 1. The molecule has 1 aromatic heterocycles. The summed E-state index contributed by atoms with van der Waals surface area (Å²) >= 11 is 3.31. The molecular weight excluding hydrogens is 325 g/mol. The Labute approximate surface area is 123 Å². The summed E-state index contributed by atoms with van der Waals surface area (Å²) in [6.07, 6.45) is 1.64. The fraction of sp³-hybridized carbons (Fsp3) is 0.143. The minimum atomic E-state index is -0.307. The van der Waals surface area contributed by atoms with Gasteiger partial charge in [-0.15, -0.1) is 0 Å². The van der Waals surface area contributed by atoms with E-state index in [2.05, 4.69) is 26.2 Å². The van der Waals surface area contributed by atoms with Crippen LogP contribution in [0.2, 0.25) is 0 Å². The molecule has 0 bridgehead atoms. The van der Waals surface area contributed by atoms with Crippen LogP contribution in [0.1, 0.15) is 15.9 Å². The molecule has 2 heterocycles. The van der Waals surface area contributed by atoms with Crippen LogP contribution in [0.15, 0.2) is 41.0 Å². The highest BCUT2D eigenvalue weighted by molar-refractivity contribution is 9.10. The zero-order valence-electron chi connectivity index (χ0n) is 10.4. The number of pyridine rings is 1. The van der Waals surface area contributed by atoms with E-state index in [1.807, 2.05) is 0 Å². The highest BCUT2D eigenvalue weighted by atomic mass is 79.9. The summed E-state index contributed by atoms with van der Waals surface area (Å²) in [5.74, 6) is 0.216. The molecular formula is C14H11BrFN3O. The van der Waals surface area contributed by atoms with Crippen molar-refractivity contribution in [3.8, 4) is 0 Å². The van der Waals surface area contributed by atoms with Crippen molar-refractivity contribution in [3.05, 3.63) is 57.9 Å². The van der Waals surface area contributed by atoms with Crippen molar-refractivity contribution < 1.29 is 9.18 Å². The molecule has 0 unspecified atom stereocenters. The molecule has 0 saturated carbocycles. The number of anilines is 1. The van der Waals surface area contributed by atoms with Crippen molar-refractivity contribution in [3.63, 3.8) is 0 Å². The van der Waals surface area contributed by atoms with E-state index in [1.165, 1.54) is 12.1 Å². The van der Waals surface area contributed by atoms with Crippen LogP contribution < -0.4 is 5.32 Å². The first-order chi connectivity index (χ1) is 9.65. The van der Waals surface area contributed by atoms with Crippen molar-refractivity contribution in [2.75, 3.05) is 12.0 Å². The zero-order chi connectivity index (χ0) is 14.1. The molecule has 0 fully saturated rings. The first kappa shape index (κ1) is 13.1. The van der Waals surface area contributed by atoms with Crippen LogP contribution in [-0.4, -0.2) is 22.5 Å². The quantitative estimate of drug-likeness (QED) is 0.917. The lowest BCUT2D eigenvalue weighted by Crippen LogP contribution is -2.39. The number of nitrogens with one attached hydrogen (secondary N) is 1. The lowest BCUT2D eigenvalue weighted by molar-refractivity contribution is 0.0745. The summed E-state index contributed by atoms with van der Waals surface area (Å²) in [6.45, 7) is 0.785. The summed E-state index contributed by atoms with van der Waals surface area (Å²) in [5, 5.41) is 3.10. The molecule has 1 aliphatic rings. The van der Waals surface area contributed by atoms with Crippen LogP contribution in [0.5, 0.6) is 0 Å². The third-order valence-electron chi connectivity index (χ3n) is 3.14. The first-order valence-electron chi connectivity index (χ1n) is 6.07. The molecule has 2 aromatic rings. The third-order valence-corrected chi connectivity index (χ3v) is 3.88. The number of hydrogen-bond acceptors (Lipinski definition) is 3. The highest BCUT2D eigenvalue weighted by Gasteiger charge is 2.24. The van der Waals surface area contributed by atoms with Gasteiger partial charge in [0, 0.05) is 17.2 Å². The molecule has 0 aliphatic carbocycles. The van der Waals surface area contributed by atoms with E-state index in [-0.39, 0.29) is 11.7 Å². The summed E-state index contributed by atoms with van der Waals surface area (Å²) < 4.78 is 13.7. The predicted molar refractivity (Wildman–Crippen MR) is 76.7 cm³/mol. The van der Waals surface area contributed by atoms with Gasteiger partial charge in [0.2, 0.25) is 0 Å². The number of fused-ring (bicyclic) bond motifs is 1. The Balaban J connectivity index is 1.85. The Morgan fingerprint density at radius 1 is 1.40 bits per heavy atom. The number of nitrogens with zero attached hydrogens (tertiary/aromatic N) is 2. The third kappa shape index (κ3) is 2.38. The molecule has 1 aromatic carbocycles. The molecule has 0 atom stereocenters. The number of amides is 1. The molecule has 1 aliphatic heterocycles. The fourth-order valence-corrected chi connectivity index (χ4v) is 2.59. The number of carbonyl (C=O) groups excluding carboxylic acids is 1. The Morgan fingerprint density at radius 3 is 3.05 bits per heavy atom. The largest absolute Gasteiger partial charge is 0.352 e. The van der Waals surface area contributed by atoms with E-state index in [1.54, 1.807) is 29.3 Å². The average Bonchev–Trinajstić information content (AvgIpc) is 2.45. The lowest BCUT2D eigenvalue weighted by Gasteiger charge is -2.29. The Morgan fingerprint density at radius 2 is 2.25 bits per heavy atom. The topological polar surface area (TPSA) is 45.2 Å². The summed E-state index contributed by atoms with van der Waals surface area (Å²) in [5.41, 5.74) is 1.41.